The van der Waals surface area contributed by atoms with Crippen LogP contribution in [0, 0.1) is 0 Å². The van der Waals surface area contributed by atoms with Gasteiger partial charge in [0.15, 0.2) is 0 Å². The molecule has 1 aliphatic rings. The van der Waals surface area contributed by atoms with E-state index in [2.05, 4.69) is 22.1 Å². The highest BCUT2D eigenvalue weighted by atomic mass is 16.5. The lowest BCUT2D eigenvalue weighted by Gasteiger charge is -2.35. The standard InChI is InChI=1S/C17H24N4O3/c1-3-8-18-17(23)19-16(22)13-20-9-11-21(12-10-20)14-4-6-15(24-2)7-5-14/h3-7H,1,8-13H2,2H3,(H2,18,19,22,23). The Hall–Kier alpha value is -2.54. The molecule has 0 aromatic heterocycles. The van der Waals surface area contributed by atoms with E-state index in [4.69, 9.17) is 4.74 Å². The van der Waals surface area contributed by atoms with Crippen LogP contribution in [0.5, 0.6) is 5.75 Å². The lowest BCUT2D eigenvalue weighted by atomic mass is 10.2. The number of methoxy groups -OCH3 is 1. The third kappa shape index (κ3) is 5.27. The van der Waals surface area contributed by atoms with E-state index in [1.807, 2.05) is 29.2 Å². The first-order valence-corrected chi connectivity index (χ1v) is 7.92. The van der Waals surface area contributed by atoms with Gasteiger partial charge in [0.25, 0.3) is 0 Å². The second kappa shape index (κ2) is 8.93. The van der Waals surface area contributed by atoms with E-state index in [1.54, 1.807) is 13.2 Å². The van der Waals surface area contributed by atoms with Gasteiger partial charge >= 0.3 is 6.03 Å². The van der Waals surface area contributed by atoms with Crippen LogP contribution in [0.1, 0.15) is 0 Å². The van der Waals surface area contributed by atoms with Crippen molar-refractivity contribution in [2.75, 3.05) is 51.3 Å². The molecule has 0 bridgehead atoms. The van der Waals surface area contributed by atoms with E-state index in [1.165, 1.54) is 0 Å². The maximum Gasteiger partial charge on any atom is 0.321 e. The van der Waals surface area contributed by atoms with Gasteiger partial charge in [-0.05, 0) is 24.3 Å². The number of imide groups is 1. The first-order chi connectivity index (χ1) is 11.6. The van der Waals surface area contributed by atoms with Crippen LogP contribution in [0.25, 0.3) is 0 Å². The molecule has 1 saturated heterocycles. The third-order valence-electron chi connectivity index (χ3n) is 3.84. The summed E-state index contributed by atoms with van der Waals surface area (Å²) >= 11 is 0. The second-order valence-corrected chi connectivity index (χ2v) is 5.51. The Morgan fingerprint density at radius 1 is 1.21 bits per heavy atom. The minimum atomic E-state index is -0.489. The molecule has 7 heteroatoms. The number of hydrogen-bond donors (Lipinski definition) is 2. The van der Waals surface area contributed by atoms with Gasteiger partial charge in [0, 0.05) is 38.4 Å². The summed E-state index contributed by atoms with van der Waals surface area (Å²) in [5.41, 5.74) is 1.14. The molecule has 7 nitrogen and oxygen atoms in total. The normalized spacial score (nSPS) is 14.8. The zero-order valence-corrected chi connectivity index (χ0v) is 14.0. The molecule has 1 aliphatic heterocycles. The molecule has 0 aliphatic carbocycles. The fourth-order valence-electron chi connectivity index (χ4n) is 2.54. The number of nitrogens with one attached hydrogen (secondary N) is 2. The lowest BCUT2D eigenvalue weighted by molar-refractivity contribution is -0.121. The average molecular weight is 332 g/mol. The van der Waals surface area contributed by atoms with Crippen LogP contribution >= 0.6 is 0 Å². The van der Waals surface area contributed by atoms with E-state index in [-0.39, 0.29) is 12.5 Å². The number of hydrogen-bond acceptors (Lipinski definition) is 5. The van der Waals surface area contributed by atoms with Crippen molar-refractivity contribution in [1.29, 1.82) is 0 Å². The minimum absolute atomic E-state index is 0.220. The predicted molar refractivity (Wildman–Crippen MR) is 93.4 cm³/mol. The Balaban J connectivity index is 1.74. The van der Waals surface area contributed by atoms with E-state index < -0.39 is 6.03 Å². The van der Waals surface area contributed by atoms with Crippen LogP contribution in [0.15, 0.2) is 36.9 Å². The topological polar surface area (TPSA) is 73.9 Å². The van der Waals surface area contributed by atoms with Gasteiger partial charge in [-0.1, -0.05) is 6.08 Å². The molecule has 1 heterocycles. The molecule has 1 fully saturated rings. The molecule has 1 aromatic rings. The van der Waals surface area contributed by atoms with E-state index in [0.717, 1.165) is 37.6 Å². The number of nitrogens with zero attached hydrogens (tertiary/aromatic N) is 2. The number of amides is 3. The molecular formula is C17H24N4O3. The number of carbonyl (C=O) groups excluding carboxylic acids is 2. The van der Waals surface area contributed by atoms with Crippen LogP contribution < -0.4 is 20.3 Å². The van der Waals surface area contributed by atoms with Crippen LogP contribution in [0.4, 0.5) is 10.5 Å². The van der Waals surface area contributed by atoms with Crippen molar-refractivity contribution < 1.29 is 14.3 Å². The molecule has 0 atom stereocenters. The Morgan fingerprint density at radius 2 is 1.88 bits per heavy atom. The number of urea groups is 1. The van der Waals surface area contributed by atoms with Gasteiger partial charge in [0.05, 0.1) is 13.7 Å². The summed E-state index contributed by atoms with van der Waals surface area (Å²) in [5.74, 6) is 0.540. The van der Waals surface area contributed by atoms with Gasteiger partial charge in [-0.3, -0.25) is 15.0 Å². The van der Waals surface area contributed by atoms with Crippen molar-refractivity contribution in [3.63, 3.8) is 0 Å². The highest BCUT2D eigenvalue weighted by Gasteiger charge is 2.20. The molecule has 130 valence electrons. The van der Waals surface area contributed by atoms with Crippen molar-refractivity contribution in [3.05, 3.63) is 36.9 Å². The maximum atomic E-state index is 11.8. The number of ether oxygens (including phenoxy) is 1. The third-order valence-corrected chi connectivity index (χ3v) is 3.84. The van der Waals surface area contributed by atoms with Crippen molar-refractivity contribution in [1.82, 2.24) is 15.5 Å². The fraction of sp³-hybridized carbons (Fsp3) is 0.412. The molecule has 2 N–H and O–H groups in total. The van der Waals surface area contributed by atoms with Crippen molar-refractivity contribution in [3.8, 4) is 5.75 Å². The predicted octanol–water partition coefficient (Wildman–Crippen LogP) is 0.829. The van der Waals surface area contributed by atoms with Gasteiger partial charge in [-0.25, -0.2) is 4.79 Å². The second-order valence-electron chi connectivity index (χ2n) is 5.51. The average Bonchev–Trinajstić information content (AvgIpc) is 2.60. The van der Waals surface area contributed by atoms with Crippen LogP contribution in [-0.4, -0.2) is 63.2 Å². The van der Waals surface area contributed by atoms with Gasteiger partial charge in [-0.15, -0.1) is 6.58 Å². The summed E-state index contributed by atoms with van der Waals surface area (Å²) in [4.78, 5) is 27.6. The Bertz CT molecular complexity index is 566. The number of carbonyl (C=O) groups is 2. The van der Waals surface area contributed by atoms with Gasteiger partial charge in [0.2, 0.25) is 5.91 Å². The SMILES string of the molecule is C=CCNC(=O)NC(=O)CN1CCN(c2ccc(OC)cc2)CC1. The van der Waals surface area contributed by atoms with Gasteiger partial charge in [0.1, 0.15) is 5.75 Å². The van der Waals surface area contributed by atoms with Crippen LogP contribution in [-0.2, 0) is 4.79 Å². The maximum absolute atomic E-state index is 11.8. The van der Waals surface area contributed by atoms with E-state index in [9.17, 15) is 9.59 Å². The molecule has 0 saturated carbocycles. The summed E-state index contributed by atoms with van der Waals surface area (Å²) in [7, 11) is 1.65. The molecule has 24 heavy (non-hydrogen) atoms. The van der Waals surface area contributed by atoms with E-state index >= 15 is 0 Å². The van der Waals surface area contributed by atoms with Crippen LogP contribution in [0.2, 0.25) is 0 Å². The van der Waals surface area contributed by atoms with Crippen molar-refractivity contribution in [2.45, 2.75) is 0 Å². The fourth-order valence-corrected chi connectivity index (χ4v) is 2.54. The summed E-state index contributed by atoms with van der Waals surface area (Å²) < 4.78 is 5.16. The van der Waals surface area contributed by atoms with Crippen molar-refractivity contribution in [2.24, 2.45) is 0 Å². The number of rotatable bonds is 6. The van der Waals surface area contributed by atoms with Gasteiger partial charge < -0.3 is 15.0 Å². The summed E-state index contributed by atoms with van der Waals surface area (Å²) in [5, 5.41) is 4.82. The van der Waals surface area contributed by atoms with Crippen LogP contribution in [0.3, 0.4) is 0 Å². The summed E-state index contributed by atoms with van der Waals surface area (Å²) in [6, 6.07) is 7.46. The zero-order valence-electron chi connectivity index (χ0n) is 14.0. The highest BCUT2D eigenvalue weighted by Crippen LogP contribution is 2.20. The number of piperazine rings is 1. The first kappa shape index (κ1) is 17.8. The smallest absolute Gasteiger partial charge is 0.321 e. The number of benzene rings is 1. The zero-order chi connectivity index (χ0) is 17.4. The number of anilines is 1. The quantitative estimate of drug-likeness (QED) is 0.755. The molecule has 3 amide bonds. The molecular weight excluding hydrogens is 308 g/mol. The minimum Gasteiger partial charge on any atom is -0.497 e. The Kier molecular flexibility index (Phi) is 6.62. The van der Waals surface area contributed by atoms with Gasteiger partial charge in [-0.2, -0.15) is 0 Å². The van der Waals surface area contributed by atoms with Crippen molar-refractivity contribution >= 4 is 17.6 Å². The molecule has 1 aromatic carbocycles. The Labute approximate surface area is 142 Å². The molecule has 2 rings (SSSR count). The molecule has 0 radical (unpaired) electrons. The monoisotopic (exact) mass is 332 g/mol. The Morgan fingerprint density at radius 3 is 2.46 bits per heavy atom. The lowest BCUT2D eigenvalue weighted by Crippen LogP contribution is -2.51. The largest absolute Gasteiger partial charge is 0.497 e. The summed E-state index contributed by atoms with van der Waals surface area (Å²) in [6.07, 6.45) is 1.56. The molecule has 0 spiro atoms. The van der Waals surface area contributed by atoms with E-state index in [0.29, 0.717) is 6.54 Å². The first-order valence-electron chi connectivity index (χ1n) is 7.92. The molecule has 0 unspecified atom stereocenters. The highest BCUT2D eigenvalue weighted by molar-refractivity contribution is 5.95. The summed E-state index contributed by atoms with van der Waals surface area (Å²) in [6.45, 7) is 7.27.